The maximum Gasteiger partial charge on any atom is 0.340 e. The Kier molecular flexibility index (Phi) is 6.63. The third-order valence-corrected chi connectivity index (χ3v) is 5.93. The van der Waals surface area contributed by atoms with E-state index in [9.17, 15) is 4.79 Å². The van der Waals surface area contributed by atoms with Gasteiger partial charge in [0.1, 0.15) is 5.00 Å². The van der Waals surface area contributed by atoms with Crippen molar-refractivity contribution in [3.63, 3.8) is 0 Å². The molecule has 1 aromatic heterocycles. The van der Waals surface area contributed by atoms with Gasteiger partial charge in [-0.15, -0.1) is 11.3 Å². The van der Waals surface area contributed by atoms with Gasteiger partial charge in [-0.1, -0.05) is 56.0 Å². The van der Waals surface area contributed by atoms with Gasteiger partial charge in [0, 0.05) is 10.9 Å². The van der Waals surface area contributed by atoms with Crippen molar-refractivity contribution in [1.29, 1.82) is 0 Å². The van der Waals surface area contributed by atoms with Crippen molar-refractivity contribution >= 4 is 39.6 Å². The average molecular weight is 389 g/mol. The fraction of sp³-hybridized carbons (Fsp3) is 0.400. The third-order valence-electron chi connectivity index (χ3n) is 4.61. The molecule has 0 aliphatic heterocycles. The lowest BCUT2D eigenvalue weighted by Gasteiger charge is -2.18. The van der Waals surface area contributed by atoms with Gasteiger partial charge < -0.3 is 15.4 Å². The quantitative estimate of drug-likeness (QED) is 0.428. The molecular weight excluding hydrogens is 364 g/mol. The Morgan fingerprint density at radius 1 is 1.15 bits per heavy atom. The lowest BCUT2D eigenvalue weighted by molar-refractivity contribution is 0.0602. The lowest BCUT2D eigenvalue weighted by atomic mass is 10.1. The summed E-state index contributed by atoms with van der Waals surface area (Å²) in [5.41, 5.74) is 1.58. The molecule has 0 amide bonds. The highest BCUT2D eigenvalue weighted by Gasteiger charge is 2.19. The van der Waals surface area contributed by atoms with Gasteiger partial charge in [0.2, 0.25) is 0 Å². The molecular formula is C20H24N2O2S2. The molecule has 2 N–H and O–H groups in total. The SMILES string of the molecule is COC(=O)c1cc(-c2ccccc2)sc1NC(=S)NC1CCCCCC1. The fourth-order valence-corrected chi connectivity index (χ4v) is 4.63. The number of nitrogens with one attached hydrogen (secondary N) is 2. The van der Waals surface area contributed by atoms with Crippen molar-refractivity contribution in [2.75, 3.05) is 12.4 Å². The number of thiocarbonyl (C=S) groups is 1. The van der Waals surface area contributed by atoms with Crippen LogP contribution in [0.25, 0.3) is 10.4 Å². The van der Waals surface area contributed by atoms with Crippen LogP contribution in [0.5, 0.6) is 0 Å². The summed E-state index contributed by atoms with van der Waals surface area (Å²) in [6.45, 7) is 0. The molecule has 1 saturated carbocycles. The Morgan fingerprint density at radius 3 is 2.50 bits per heavy atom. The second-order valence-electron chi connectivity index (χ2n) is 6.50. The van der Waals surface area contributed by atoms with Crippen molar-refractivity contribution in [3.8, 4) is 10.4 Å². The molecule has 0 saturated heterocycles. The summed E-state index contributed by atoms with van der Waals surface area (Å²) in [4.78, 5) is 13.2. The van der Waals surface area contributed by atoms with Gasteiger partial charge in [-0.2, -0.15) is 0 Å². The summed E-state index contributed by atoms with van der Waals surface area (Å²) in [6, 6.07) is 12.3. The van der Waals surface area contributed by atoms with Crippen molar-refractivity contribution in [1.82, 2.24) is 5.32 Å². The molecule has 0 unspecified atom stereocenters. The number of rotatable bonds is 4. The van der Waals surface area contributed by atoms with Crippen molar-refractivity contribution in [2.24, 2.45) is 0 Å². The second kappa shape index (κ2) is 9.14. The lowest BCUT2D eigenvalue weighted by Crippen LogP contribution is -2.37. The summed E-state index contributed by atoms with van der Waals surface area (Å²) in [5.74, 6) is -0.358. The molecule has 26 heavy (non-hydrogen) atoms. The van der Waals surface area contributed by atoms with Crippen LogP contribution in [0.3, 0.4) is 0 Å². The molecule has 0 spiro atoms. The Morgan fingerprint density at radius 2 is 1.85 bits per heavy atom. The largest absolute Gasteiger partial charge is 0.465 e. The minimum atomic E-state index is -0.358. The van der Waals surface area contributed by atoms with E-state index < -0.39 is 0 Å². The van der Waals surface area contributed by atoms with Gasteiger partial charge in [-0.05, 0) is 36.7 Å². The number of thiophene rings is 1. The molecule has 138 valence electrons. The summed E-state index contributed by atoms with van der Waals surface area (Å²) in [5, 5.41) is 7.93. The van der Waals surface area contributed by atoms with E-state index in [4.69, 9.17) is 17.0 Å². The number of esters is 1. The monoisotopic (exact) mass is 388 g/mol. The van der Waals surface area contributed by atoms with E-state index in [2.05, 4.69) is 10.6 Å². The third kappa shape index (κ3) is 4.83. The average Bonchev–Trinajstić information content (AvgIpc) is 2.90. The molecule has 0 bridgehead atoms. The van der Waals surface area contributed by atoms with Gasteiger partial charge in [0.25, 0.3) is 0 Å². The highest BCUT2D eigenvalue weighted by atomic mass is 32.1. The van der Waals surface area contributed by atoms with E-state index in [-0.39, 0.29) is 5.97 Å². The molecule has 1 heterocycles. The first-order valence-corrected chi connectivity index (χ1v) is 10.2. The van der Waals surface area contributed by atoms with Gasteiger partial charge in [0.15, 0.2) is 5.11 Å². The van der Waals surface area contributed by atoms with Crippen LogP contribution in [0.1, 0.15) is 48.9 Å². The van der Waals surface area contributed by atoms with Crippen molar-refractivity contribution < 1.29 is 9.53 Å². The zero-order valence-electron chi connectivity index (χ0n) is 14.9. The zero-order valence-corrected chi connectivity index (χ0v) is 16.6. The van der Waals surface area contributed by atoms with E-state index in [1.54, 1.807) is 0 Å². The minimum absolute atomic E-state index is 0.358. The van der Waals surface area contributed by atoms with E-state index in [1.807, 2.05) is 36.4 Å². The topological polar surface area (TPSA) is 50.4 Å². The van der Waals surface area contributed by atoms with Crippen molar-refractivity contribution in [3.05, 3.63) is 42.0 Å². The number of hydrogen-bond acceptors (Lipinski definition) is 4. The Labute approximate surface area is 164 Å². The highest BCUT2D eigenvalue weighted by Crippen LogP contribution is 2.35. The number of hydrogen-bond donors (Lipinski definition) is 2. The smallest absolute Gasteiger partial charge is 0.340 e. The molecule has 6 heteroatoms. The molecule has 0 radical (unpaired) electrons. The first-order chi connectivity index (χ1) is 12.7. The number of benzene rings is 1. The van der Waals surface area contributed by atoms with Crippen LogP contribution in [-0.4, -0.2) is 24.2 Å². The summed E-state index contributed by atoms with van der Waals surface area (Å²) in [6.07, 6.45) is 7.37. The van der Waals surface area contributed by atoms with Crippen LogP contribution in [0.15, 0.2) is 36.4 Å². The minimum Gasteiger partial charge on any atom is -0.465 e. The Bertz CT molecular complexity index is 750. The van der Waals surface area contributed by atoms with E-state index in [1.165, 1.54) is 44.1 Å². The number of carbonyl (C=O) groups excluding carboxylic acids is 1. The van der Waals surface area contributed by atoms with Crippen LogP contribution < -0.4 is 10.6 Å². The molecule has 2 aromatic rings. The predicted octanol–water partition coefficient (Wildman–Crippen LogP) is 5.21. The number of anilines is 1. The maximum absolute atomic E-state index is 12.2. The van der Waals surface area contributed by atoms with Gasteiger partial charge in [0.05, 0.1) is 12.7 Å². The number of methoxy groups -OCH3 is 1. The second-order valence-corrected chi connectivity index (χ2v) is 7.96. The van der Waals surface area contributed by atoms with Crippen LogP contribution in [0.4, 0.5) is 5.00 Å². The molecule has 1 aliphatic rings. The molecule has 4 nitrogen and oxygen atoms in total. The standard InChI is InChI=1S/C20H24N2O2S2/c1-24-19(23)16-13-17(14-9-5-4-6-10-14)26-18(16)22-20(25)21-15-11-7-2-3-8-12-15/h4-6,9-10,13,15H,2-3,7-8,11-12H2,1H3,(H2,21,22,25). The Balaban J connectivity index is 1.76. The summed E-state index contributed by atoms with van der Waals surface area (Å²) >= 11 is 7.01. The molecule has 1 aromatic carbocycles. The summed E-state index contributed by atoms with van der Waals surface area (Å²) in [7, 11) is 1.40. The maximum atomic E-state index is 12.2. The summed E-state index contributed by atoms with van der Waals surface area (Å²) < 4.78 is 4.94. The molecule has 1 fully saturated rings. The van der Waals surface area contributed by atoms with E-state index >= 15 is 0 Å². The van der Waals surface area contributed by atoms with Crippen LogP contribution in [0, 0.1) is 0 Å². The van der Waals surface area contributed by atoms with Gasteiger partial charge in [-0.25, -0.2) is 4.79 Å². The molecule has 1 aliphatic carbocycles. The van der Waals surface area contributed by atoms with Gasteiger partial charge >= 0.3 is 5.97 Å². The Hall–Kier alpha value is -1.92. The first-order valence-electron chi connectivity index (χ1n) is 9.02. The highest BCUT2D eigenvalue weighted by molar-refractivity contribution is 7.80. The molecule has 3 rings (SSSR count). The number of carbonyl (C=O) groups is 1. The first kappa shape index (κ1) is 18.9. The normalized spacial score (nSPS) is 15.1. The van der Waals surface area contributed by atoms with Crippen molar-refractivity contribution in [2.45, 2.75) is 44.6 Å². The number of ether oxygens (including phenoxy) is 1. The van der Waals surface area contributed by atoms with Crippen LogP contribution in [-0.2, 0) is 4.74 Å². The van der Waals surface area contributed by atoms with Crippen LogP contribution in [0.2, 0.25) is 0 Å². The van der Waals surface area contributed by atoms with Crippen LogP contribution >= 0.6 is 23.6 Å². The zero-order chi connectivity index (χ0) is 18.4. The van der Waals surface area contributed by atoms with E-state index in [0.29, 0.717) is 16.7 Å². The molecule has 0 atom stereocenters. The fourth-order valence-electron chi connectivity index (χ4n) is 3.24. The van der Waals surface area contributed by atoms with Gasteiger partial charge in [-0.3, -0.25) is 0 Å². The predicted molar refractivity (Wildman–Crippen MR) is 112 cm³/mol. The van der Waals surface area contributed by atoms with E-state index in [0.717, 1.165) is 28.3 Å².